The van der Waals surface area contributed by atoms with E-state index in [1.807, 2.05) is 12.1 Å². The molecule has 0 aliphatic rings. The highest BCUT2D eigenvalue weighted by Crippen LogP contribution is 2.50. The van der Waals surface area contributed by atoms with Crippen molar-refractivity contribution >= 4 is 34.0 Å². The summed E-state index contributed by atoms with van der Waals surface area (Å²) in [6.07, 6.45) is 0. The Morgan fingerprint density at radius 2 is 0.553 bits per heavy atom. The van der Waals surface area contributed by atoms with Crippen LogP contribution in [0.25, 0.3) is 10.8 Å². The Bertz CT molecular complexity index is 1450. The monoisotopic (exact) mass is 528 g/mol. The van der Waals surface area contributed by atoms with Crippen molar-refractivity contribution in [2.75, 3.05) is 0 Å². The fraction of sp³-hybridized carbons (Fsp3) is 0.0556. The van der Waals surface area contributed by atoms with Crippen molar-refractivity contribution in [3.8, 4) is 0 Å². The van der Waals surface area contributed by atoms with Crippen molar-refractivity contribution in [2.45, 2.75) is 11.8 Å². The second-order valence-electron chi connectivity index (χ2n) is 9.51. The van der Waals surface area contributed by atoms with Gasteiger partial charge < -0.3 is 0 Å². The third-order valence-electron chi connectivity index (χ3n) is 7.27. The Morgan fingerprint density at radius 1 is 0.316 bits per heavy atom. The summed E-state index contributed by atoms with van der Waals surface area (Å²) in [7, 11) is 0. The Morgan fingerprint density at radius 3 is 0.816 bits per heavy atom. The van der Waals surface area contributed by atoms with Crippen molar-refractivity contribution < 1.29 is 0 Å². The number of fused-ring (bicyclic) bond motifs is 1. The van der Waals surface area contributed by atoms with Gasteiger partial charge in [0.1, 0.15) is 0 Å². The average molecular weight is 530 g/mol. The normalized spacial score (nSPS) is 11.4. The highest BCUT2D eigenvalue weighted by atomic mass is 35.5. The van der Waals surface area contributed by atoms with Crippen LogP contribution in [0.5, 0.6) is 0 Å². The van der Waals surface area contributed by atoms with E-state index in [1.165, 1.54) is 22.3 Å². The first-order valence-corrected chi connectivity index (χ1v) is 13.6. The predicted molar refractivity (Wildman–Crippen MR) is 162 cm³/mol. The van der Waals surface area contributed by atoms with E-state index < -0.39 is 0 Å². The molecule has 0 saturated heterocycles. The van der Waals surface area contributed by atoms with E-state index in [-0.39, 0.29) is 11.8 Å². The molecule has 38 heavy (non-hydrogen) atoms. The van der Waals surface area contributed by atoms with E-state index in [1.54, 1.807) is 0 Å². The molecular formula is C36H26Cl2. The van der Waals surface area contributed by atoms with Crippen LogP contribution in [0.3, 0.4) is 0 Å². The third-order valence-corrected chi connectivity index (χ3v) is 8.09. The first-order valence-electron chi connectivity index (χ1n) is 12.8. The molecule has 6 aromatic carbocycles. The van der Waals surface area contributed by atoms with Gasteiger partial charge in [-0.15, -0.1) is 0 Å². The summed E-state index contributed by atoms with van der Waals surface area (Å²) >= 11 is 14.9. The third kappa shape index (κ3) is 4.52. The highest BCUT2D eigenvalue weighted by Gasteiger charge is 2.31. The number of benzene rings is 6. The molecule has 6 rings (SSSR count). The molecule has 0 saturated carbocycles. The number of halogens is 2. The Kier molecular flexibility index (Phi) is 7.01. The fourth-order valence-corrected chi connectivity index (χ4v) is 6.34. The van der Waals surface area contributed by atoms with Crippen molar-refractivity contribution in [1.82, 2.24) is 0 Å². The van der Waals surface area contributed by atoms with Crippen molar-refractivity contribution in [2.24, 2.45) is 0 Å². The zero-order valence-electron chi connectivity index (χ0n) is 20.8. The topological polar surface area (TPSA) is 0 Å². The van der Waals surface area contributed by atoms with Crippen LogP contribution in [0.15, 0.2) is 146 Å². The van der Waals surface area contributed by atoms with Crippen LogP contribution < -0.4 is 0 Å². The van der Waals surface area contributed by atoms with Crippen molar-refractivity contribution in [3.05, 3.63) is 189 Å². The van der Waals surface area contributed by atoms with Gasteiger partial charge in [0.25, 0.3) is 0 Å². The van der Waals surface area contributed by atoms with E-state index in [9.17, 15) is 0 Å². The molecule has 6 aromatic rings. The second-order valence-corrected chi connectivity index (χ2v) is 10.3. The first kappa shape index (κ1) is 24.5. The minimum Gasteiger partial charge on any atom is -0.0833 e. The number of hydrogen-bond acceptors (Lipinski definition) is 0. The van der Waals surface area contributed by atoms with Crippen LogP contribution in [0.2, 0.25) is 10.0 Å². The van der Waals surface area contributed by atoms with Gasteiger partial charge >= 0.3 is 0 Å². The fourth-order valence-electron chi connectivity index (χ4n) is 5.59. The molecule has 0 N–H and O–H groups in total. The molecule has 0 bridgehead atoms. The van der Waals surface area contributed by atoms with Crippen LogP contribution >= 0.6 is 23.2 Å². The molecule has 0 fully saturated rings. The van der Waals surface area contributed by atoms with Gasteiger partial charge in [0, 0.05) is 22.6 Å². The number of rotatable bonds is 6. The predicted octanol–water partition coefficient (Wildman–Crippen LogP) is 10.5. The molecule has 0 aliphatic heterocycles. The molecule has 0 spiro atoms. The Balaban J connectivity index is 1.77. The minimum absolute atomic E-state index is 0.100. The van der Waals surface area contributed by atoms with Gasteiger partial charge in [-0.3, -0.25) is 0 Å². The molecule has 0 amide bonds. The van der Waals surface area contributed by atoms with E-state index >= 15 is 0 Å². The van der Waals surface area contributed by atoms with E-state index in [2.05, 4.69) is 133 Å². The minimum atomic E-state index is -0.100. The van der Waals surface area contributed by atoms with Crippen molar-refractivity contribution in [1.29, 1.82) is 0 Å². The van der Waals surface area contributed by atoms with Crippen molar-refractivity contribution in [3.63, 3.8) is 0 Å². The summed E-state index contributed by atoms with van der Waals surface area (Å²) < 4.78 is 0. The molecule has 0 aliphatic carbocycles. The zero-order chi connectivity index (χ0) is 25.9. The molecule has 0 unspecified atom stereocenters. The molecule has 184 valence electrons. The van der Waals surface area contributed by atoms with Gasteiger partial charge in [0.15, 0.2) is 0 Å². The molecule has 0 aromatic heterocycles. The van der Waals surface area contributed by atoms with E-state index in [0.717, 1.165) is 31.9 Å². The van der Waals surface area contributed by atoms with Crippen LogP contribution in [0.4, 0.5) is 0 Å². The molecule has 0 atom stereocenters. The maximum Gasteiger partial charge on any atom is 0.0530 e. The summed E-state index contributed by atoms with van der Waals surface area (Å²) in [5.74, 6) is -0.200. The first-order chi connectivity index (χ1) is 18.7. The highest BCUT2D eigenvalue weighted by molar-refractivity contribution is 6.42. The average Bonchev–Trinajstić information content (AvgIpc) is 2.99. The molecular weight excluding hydrogens is 503 g/mol. The second kappa shape index (κ2) is 10.9. The van der Waals surface area contributed by atoms with E-state index in [4.69, 9.17) is 23.2 Å². The quantitative estimate of drug-likeness (QED) is 0.188. The molecule has 2 heteroatoms. The van der Waals surface area contributed by atoms with Gasteiger partial charge in [-0.1, -0.05) is 169 Å². The van der Waals surface area contributed by atoms with Crippen LogP contribution in [-0.4, -0.2) is 0 Å². The Labute approximate surface area is 234 Å². The van der Waals surface area contributed by atoms with E-state index in [0.29, 0.717) is 0 Å². The van der Waals surface area contributed by atoms with Gasteiger partial charge in [-0.25, -0.2) is 0 Å². The summed E-state index contributed by atoms with van der Waals surface area (Å²) in [4.78, 5) is 0. The SMILES string of the molecule is Clc1c(C(c2ccccc2)c2ccccc2)c(C(c2ccccc2)c2ccccc2)c(Cl)c2ccccc12. The lowest BCUT2D eigenvalue weighted by Gasteiger charge is -2.30. The zero-order valence-corrected chi connectivity index (χ0v) is 22.3. The lowest BCUT2D eigenvalue weighted by molar-refractivity contribution is 0.899. The molecule has 0 nitrogen and oxygen atoms in total. The van der Waals surface area contributed by atoms with Gasteiger partial charge in [0.2, 0.25) is 0 Å². The molecule has 0 heterocycles. The lowest BCUT2D eigenvalue weighted by Crippen LogP contribution is -2.14. The van der Waals surface area contributed by atoms with Crippen LogP contribution in [0, 0.1) is 0 Å². The summed E-state index contributed by atoms with van der Waals surface area (Å²) in [5.41, 5.74) is 6.79. The number of hydrogen-bond donors (Lipinski definition) is 0. The standard InChI is InChI=1S/C36H26Cl2/c37-35-29-23-13-14-24-30(29)36(38)34(32(27-19-9-3-10-20-27)28-21-11-4-12-22-28)33(35)31(25-15-5-1-6-16-25)26-17-7-2-8-18-26/h1-24,31-32H. The summed E-state index contributed by atoms with van der Waals surface area (Å²) in [6.45, 7) is 0. The lowest BCUT2D eigenvalue weighted by atomic mass is 9.75. The maximum absolute atomic E-state index is 7.47. The molecule has 0 radical (unpaired) electrons. The summed E-state index contributed by atoms with van der Waals surface area (Å²) in [5, 5.41) is 3.42. The summed E-state index contributed by atoms with van der Waals surface area (Å²) in [6, 6.07) is 50.6. The Hall–Kier alpha value is -3.84. The van der Waals surface area contributed by atoms with Crippen LogP contribution in [-0.2, 0) is 0 Å². The maximum atomic E-state index is 7.47. The smallest absolute Gasteiger partial charge is 0.0530 e. The van der Waals surface area contributed by atoms with Crippen LogP contribution in [0.1, 0.15) is 45.2 Å². The van der Waals surface area contributed by atoms with Gasteiger partial charge in [0.05, 0.1) is 10.0 Å². The van der Waals surface area contributed by atoms with Gasteiger partial charge in [-0.05, 0) is 33.4 Å². The van der Waals surface area contributed by atoms with Gasteiger partial charge in [-0.2, -0.15) is 0 Å². The largest absolute Gasteiger partial charge is 0.0833 e.